The molecule has 6 heteroatoms. The molecule has 5 nitrogen and oxygen atoms in total. The van der Waals surface area contributed by atoms with Gasteiger partial charge in [0.05, 0.1) is 12.1 Å². The van der Waals surface area contributed by atoms with Gasteiger partial charge in [0.1, 0.15) is 18.5 Å². The summed E-state index contributed by atoms with van der Waals surface area (Å²) >= 11 is 6.04. The van der Waals surface area contributed by atoms with Crippen LogP contribution in [0.1, 0.15) is 25.0 Å². The Bertz CT molecular complexity index is 820. The molecule has 0 aliphatic carbocycles. The molecular weight excluding hydrogens is 390 g/mol. The van der Waals surface area contributed by atoms with E-state index in [1.54, 1.807) is 12.1 Å². The summed E-state index contributed by atoms with van der Waals surface area (Å²) in [5.41, 5.74) is 3.00. The maximum atomic E-state index is 11.3. The van der Waals surface area contributed by atoms with Crippen LogP contribution in [0.3, 0.4) is 0 Å². The van der Waals surface area contributed by atoms with Crippen LogP contribution in [0, 0.1) is 0 Å². The number of halogens is 1. The van der Waals surface area contributed by atoms with Crippen LogP contribution in [0.15, 0.2) is 54.6 Å². The van der Waals surface area contributed by atoms with Gasteiger partial charge in [0.25, 0.3) is 0 Å². The van der Waals surface area contributed by atoms with Crippen LogP contribution >= 0.6 is 11.6 Å². The Labute approximate surface area is 177 Å². The third kappa shape index (κ3) is 7.89. The molecule has 0 aromatic heterocycles. The lowest BCUT2D eigenvalue weighted by molar-refractivity contribution is -0.134. The molecule has 2 atom stereocenters. The maximum Gasteiger partial charge on any atom is 0.330 e. The molecule has 2 N–H and O–H groups in total. The number of nitrogens with one attached hydrogen (secondary N) is 1. The van der Waals surface area contributed by atoms with Gasteiger partial charge in [-0.05, 0) is 49.1 Å². The fourth-order valence-electron chi connectivity index (χ4n) is 2.79. The lowest BCUT2D eigenvalue weighted by Gasteiger charge is -2.18. The Morgan fingerprint density at radius 2 is 1.90 bits per heavy atom. The van der Waals surface area contributed by atoms with Crippen molar-refractivity contribution in [2.45, 2.75) is 32.4 Å². The maximum absolute atomic E-state index is 11.3. The van der Waals surface area contributed by atoms with Crippen molar-refractivity contribution in [2.24, 2.45) is 0 Å². The van der Waals surface area contributed by atoms with Gasteiger partial charge in [-0.15, -0.1) is 0 Å². The van der Waals surface area contributed by atoms with Crippen molar-refractivity contribution in [3.63, 3.8) is 0 Å². The summed E-state index contributed by atoms with van der Waals surface area (Å²) in [6.07, 6.45) is 1.66. The van der Waals surface area contributed by atoms with E-state index in [4.69, 9.17) is 16.3 Å². The van der Waals surface area contributed by atoms with Crippen molar-refractivity contribution in [1.82, 2.24) is 5.32 Å². The fraction of sp³-hybridized carbons (Fsp3) is 0.348. The number of methoxy groups -OCH3 is 1. The molecule has 156 valence electrons. The number of benzene rings is 2. The summed E-state index contributed by atoms with van der Waals surface area (Å²) in [5.74, 6) is 0.208. The van der Waals surface area contributed by atoms with Crippen molar-refractivity contribution >= 4 is 23.1 Å². The predicted molar refractivity (Wildman–Crippen MR) is 116 cm³/mol. The van der Waals surface area contributed by atoms with Crippen molar-refractivity contribution in [3.05, 3.63) is 70.8 Å². The highest BCUT2D eigenvalue weighted by Gasteiger charge is 2.10. The largest absolute Gasteiger partial charge is 0.489 e. The third-order valence-electron chi connectivity index (χ3n) is 4.46. The summed E-state index contributed by atoms with van der Waals surface area (Å²) < 4.78 is 10.2. The summed E-state index contributed by atoms with van der Waals surface area (Å²) in [5, 5.41) is 14.0. The van der Waals surface area contributed by atoms with E-state index in [0.717, 1.165) is 17.6 Å². The van der Waals surface area contributed by atoms with Gasteiger partial charge >= 0.3 is 5.97 Å². The summed E-state index contributed by atoms with van der Waals surface area (Å²) in [6, 6.07) is 15.4. The van der Waals surface area contributed by atoms with E-state index in [1.807, 2.05) is 43.3 Å². The lowest BCUT2D eigenvalue weighted by Crippen LogP contribution is -2.37. The Balaban J connectivity index is 1.77. The van der Waals surface area contributed by atoms with Gasteiger partial charge < -0.3 is 19.9 Å². The van der Waals surface area contributed by atoms with Gasteiger partial charge in [0, 0.05) is 18.7 Å². The number of carbonyl (C=O) groups excluding carboxylic acids is 1. The molecule has 0 amide bonds. The van der Waals surface area contributed by atoms with Crippen LogP contribution in [-0.4, -0.2) is 43.5 Å². The molecule has 1 unspecified atom stereocenters. The number of aliphatic hydroxyl groups is 1. The average molecular weight is 418 g/mol. The zero-order chi connectivity index (χ0) is 21.2. The highest BCUT2D eigenvalue weighted by Crippen LogP contribution is 2.23. The molecule has 0 spiro atoms. The smallest absolute Gasteiger partial charge is 0.330 e. The normalized spacial score (nSPS) is 13.6. The van der Waals surface area contributed by atoms with E-state index in [-0.39, 0.29) is 18.6 Å². The first-order chi connectivity index (χ1) is 13.9. The van der Waals surface area contributed by atoms with Crippen LogP contribution in [0.4, 0.5) is 0 Å². The number of aliphatic hydroxyl groups excluding tert-OH is 1. The molecule has 0 saturated heterocycles. The minimum Gasteiger partial charge on any atom is -0.489 e. The third-order valence-corrected chi connectivity index (χ3v) is 4.77. The van der Waals surface area contributed by atoms with Crippen LogP contribution in [-0.2, 0) is 16.0 Å². The number of allylic oxidation sites excluding steroid dienone is 1. The Hall–Kier alpha value is -2.34. The molecule has 0 aliphatic rings. The van der Waals surface area contributed by atoms with Gasteiger partial charge in [-0.2, -0.15) is 0 Å². The summed E-state index contributed by atoms with van der Waals surface area (Å²) in [7, 11) is 1.36. The van der Waals surface area contributed by atoms with Crippen LogP contribution in [0.5, 0.6) is 5.75 Å². The fourth-order valence-corrected chi connectivity index (χ4v) is 2.98. The second-order valence-corrected chi connectivity index (χ2v) is 7.36. The summed E-state index contributed by atoms with van der Waals surface area (Å²) in [4.78, 5) is 11.3. The number of para-hydroxylation sites is 1. The van der Waals surface area contributed by atoms with E-state index in [0.29, 0.717) is 17.3 Å². The first-order valence-corrected chi connectivity index (χ1v) is 9.91. The predicted octanol–water partition coefficient (Wildman–Crippen LogP) is 3.88. The van der Waals surface area contributed by atoms with Crippen LogP contribution in [0.2, 0.25) is 5.02 Å². The van der Waals surface area contributed by atoms with Gasteiger partial charge in [-0.25, -0.2) is 4.79 Å². The molecule has 0 bridgehead atoms. The molecule has 2 aromatic rings. The molecule has 0 fully saturated rings. The highest BCUT2D eigenvalue weighted by molar-refractivity contribution is 6.32. The minimum atomic E-state index is -0.637. The highest BCUT2D eigenvalue weighted by atomic mass is 35.5. The number of ether oxygens (including phenoxy) is 2. The van der Waals surface area contributed by atoms with Gasteiger partial charge in [0.2, 0.25) is 0 Å². The van der Waals surface area contributed by atoms with Crippen LogP contribution < -0.4 is 10.1 Å². The van der Waals surface area contributed by atoms with Crippen molar-refractivity contribution in [1.29, 1.82) is 0 Å². The van der Waals surface area contributed by atoms with E-state index < -0.39 is 6.10 Å². The Morgan fingerprint density at radius 1 is 1.21 bits per heavy atom. The van der Waals surface area contributed by atoms with E-state index in [9.17, 15) is 9.90 Å². The second kappa shape index (κ2) is 11.6. The van der Waals surface area contributed by atoms with E-state index in [1.165, 1.54) is 18.7 Å². The van der Waals surface area contributed by atoms with Crippen molar-refractivity contribution in [2.75, 3.05) is 20.3 Å². The molecule has 29 heavy (non-hydrogen) atoms. The molecule has 0 heterocycles. The topological polar surface area (TPSA) is 67.8 Å². The standard InChI is InChI=1S/C23H28ClNO4/c1-16(12-23(27)28-3)19-10-8-18(9-11-19)13-17(2)25-14-20(26)15-29-22-7-5-4-6-21(22)24/h4-12,17,20,25-26H,13-15H2,1-3H3/t17-,20?/m1/s1. The van der Waals surface area contributed by atoms with Crippen molar-refractivity contribution < 1.29 is 19.4 Å². The monoisotopic (exact) mass is 417 g/mol. The number of rotatable bonds is 10. The number of hydrogen-bond acceptors (Lipinski definition) is 5. The quantitative estimate of drug-likeness (QED) is 0.453. The zero-order valence-electron chi connectivity index (χ0n) is 17.0. The average Bonchev–Trinajstić information content (AvgIpc) is 2.72. The Morgan fingerprint density at radius 3 is 2.55 bits per heavy atom. The van der Waals surface area contributed by atoms with Gasteiger partial charge in [0.15, 0.2) is 0 Å². The SMILES string of the molecule is COC(=O)C=C(C)c1ccc(C[C@@H](C)NCC(O)COc2ccccc2Cl)cc1. The van der Waals surface area contributed by atoms with E-state index >= 15 is 0 Å². The first-order valence-electron chi connectivity index (χ1n) is 9.53. The second-order valence-electron chi connectivity index (χ2n) is 6.96. The minimum absolute atomic E-state index is 0.171. The molecule has 2 rings (SSSR count). The lowest BCUT2D eigenvalue weighted by atomic mass is 10.0. The molecular formula is C23H28ClNO4. The number of hydrogen-bond donors (Lipinski definition) is 2. The van der Waals surface area contributed by atoms with Crippen LogP contribution in [0.25, 0.3) is 5.57 Å². The summed E-state index contributed by atoms with van der Waals surface area (Å²) in [6.45, 7) is 4.54. The molecule has 0 saturated carbocycles. The van der Waals surface area contributed by atoms with Gasteiger partial charge in [-0.1, -0.05) is 48.0 Å². The number of carbonyl (C=O) groups is 1. The molecule has 0 radical (unpaired) electrons. The number of esters is 1. The van der Waals surface area contributed by atoms with Gasteiger partial charge in [-0.3, -0.25) is 0 Å². The Kier molecular flexibility index (Phi) is 9.19. The zero-order valence-corrected chi connectivity index (χ0v) is 17.8. The molecule has 0 aliphatic heterocycles. The van der Waals surface area contributed by atoms with E-state index in [2.05, 4.69) is 17.0 Å². The van der Waals surface area contributed by atoms with Crippen molar-refractivity contribution in [3.8, 4) is 5.75 Å². The first kappa shape index (κ1) is 22.9. The molecule has 2 aromatic carbocycles.